The van der Waals surface area contributed by atoms with Crippen molar-refractivity contribution in [1.29, 1.82) is 0 Å². The van der Waals surface area contributed by atoms with Crippen molar-refractivity contribution in [2.75, 3.05) is 28.6 Å². The predicted octanol–water partition coefficient (Wildman–Crippen LogP) is 3.05. The molecule has 2 fully saturated rings. The Kier molecular flexibility index (Phi) is 5.53. The van der Waals surface area contributed by atoms with E-state index in [9.17, 15) is 14.4 Å². The van der Waals surface area contributed by atoms with Crippen LogP contribution in [0.3, 0.4) is 0 Å². The van der Waals surface area contributed by atoms with Gasteiger partial charge in [0.25, 0.3) is 5.91 Å². The van der Waals surface area contributed by atoms with E-state index in [0.29, 0.717) is 22.7 Å². The van der Waals surface area contributed by atoms with Gasteiger partial charge >= 0.3 is 0 Å². The largest absolute Gasteiger partial charge is 0.370 e. The zero-order chi connectivity index (χ0) is 20.4. The second kappa shape index (κ2) is 8.24. The van der Waals surface area contributed by atoms with E-state index in [1.54, 1.807) is 12.1 Å². The molecule has 152 valence electrons. The first kappa shape index (κ1) is 19.4. The molecule has 2 aromatic rings. The molecule has 2 aliphatic rings. The molecule has 8 heteroatoms. The van der Waals surface area contributed by atoms with Crippen molar-refractivity contribution in [2.45, 2.75) is 25.7 Å². The summed E-state index contributed by atoms with van der Waals surface area (Å²) in [6.07, 6.45) is 3.31. The van der Waals surface area contributed by atoms with Gasteiger partial charge in [-0.05, 0) is 49.9 Å². The standard InChI is InChI=1S/C21H24N4O3S/c22-19(26)13-9-11-25(12-10-13)16-4-2-1-3-15(16)23-21(28)17-7-8-18(29-17)24-20(27)14-5-6-14/h1-4,7-8,13-14H,5-6,9-12H2,(H2,22,26)(H,23,28)(H,24,27). The number of anilines is 3. The first-order valence-electron chi connectivity index (χ1n) is 9.86. The summed E-state index contributed by atoms with van der Waals surface area (Å²) in [7, 11) is 0. The van der Waals surface area contributed by atoms with Gasteiger partial charge in [0, 0.05) is 24.9 Å². The van der Waals surface area contributed by atoms with Gasteiger partial charge in [0.2, 0.25) is 11.8 Å². The molecule has 1 aliphatic carbocycles. The number of rotatable bonds is 6. The van der Waals surface area contributed by atoms with E-state index in [2.05, 4.69) is 15.5 Å². The number of para-hydroxylation sites is 2. The molecule has 1 aromatic carbocycles. The van der Waals surface area contributed by atoms with Crippen molar-refractivity contribution in [3.8, 4) is 0 Å². The minimum absolute atomic E-state index is 0.0310. The number of primary amides is 1. The average molecular weight is 413 g/mol. The van der Waals surface area contributed by atoms with Crippen LogP contribution in [0.5, 0.6) is 0 Å². The smallest absolute Gasteiger partial charge is 0.265 e. The van der Waals surface area contributed by atoms with Crippen molar-refractivity contribution in [2.24, 2.45) is 17.6 Å². The number of nitrogens with zero attached hydrogens (tertiary/aromatic N) is 1. The molecule has 2 heterocycles. The van der Waals surface area contributed by atoms with Crippen molar-refractivity contribution >= 4 is 45.4 Å². The zero-order valence-corrected chi connectivity index (χ0v) is 16.8. The summed E-state index contributed by atoms with van der Waals surface area (Å²) in [5.74, 6) is -0.373. The van der Waals surface area contributed by atoms with Crippen molar-refractivity contribution in [3.05, 3.63) is 41.3 Å². The van der Waals surface area contributed by atoms with E-state index in [1.807, 2.05) is 24.3 Å². The third kappa shape index (κ3) is 4.59. The molecule has 1 saturated heterocycles. The lowest BCUT2D eigenvalue weighted by atomic mass is 9.96. The maximum atomic E-state index is 12.7. The lowest BCUT2D eigenvalue weighted by Gasteiger charge is -2.33. The number of carbonyl (C=O) groups is 3. The second-order valence-corrected chi connectivity index (χ2v) is 8.65. The zero-order valence-electron chi connectivity index (χ0n) is 16.0. The molecular formula is C21H24N4O3S. The highest BCUT2D eigenvalue weighted by Crippen LogP contribution is 2.33. The fourth-order valence-electron chi connectivity index (χ4n) is 3.54. The fraction of sp³-hybridized carbons (Fsp3) is 0.381. The van der Waals surface area contributed by atoms with E-state index >= 15 is 0 Å². The molecule has 4 rings (SSSR count). The van der Waals surface area contributed by atoms with E-state index in [-0.39, 0.29) is 29.6 Å². The van der Waals surface area contributed by atoms with Crippen LogP contribution in [0.15, 0.2) is 36.4 Å². The topological polar surface area (TPSA) is 105 Å². The van der Waals surface area contributed by atoms with Gasteiger partial charge in [-0.1, -0.05) is 12.1 Å². The Morgan fingerprint density at radius 2 is 1.66 bits per heavy atom. The highest BCUT2D eigenvalue weighted by molar-refractivity contribution is 7.18. The summed E-state index contributed by atoms with van der Waals surface area (Å²) >= 11 is 1.27. The summed E-state index contributed by atoms with van der Waals surface area (Å²) in [6.45, 7) is 1.44. The van der Waals surface area contributed by atoms with Crippen LogP contribution in [0.1, 0.15) is 35.4 Å². The van der Waals surface area contributed by atoms with Gasteiger partial charge in [-0.3, -0.25) is 14.4 Å². The summed E-state index contributed by atoms with van der Waals surface area (Å²) in [5, 5.41) is 6.55. The van der Waals surface area contributed by atoms with Crippen LogP contribution >= 0.6 is 11.3 Å². The van der Waals surface area contributed by atoms with Crippen molar-refractivity contribution < 1.29 is 14.4 Å². The predicted molar refractivity (Wildman–Crippen MR) is 114 cm³/mol. The Labute approximate surface area is 173 Å². The molecule has 0 radical (unpaired) electrons. The van der Waals surface area contributed by atoms with Gasteiger partial charge in [-0.25, -0.2) is 0 Å². The van der Waals surface area contributed by atoms with Crippen molar-refractivity contribution in [1.82, 2.24) is 0 Å². The van der Waals surface area contributed by atoms with Crippen LogP contribution in [0.2, 0.25) is 0 Å². The Bertz CT molecular complexity index is 930. The van der Waals surface area contributed by atoms with Gasteiger partial charge in [0.1, 0.15) is 0 Å². The molecule has 7 nitrogen and oxygen atoms in total. The molecule has 0 unspecified atom stereocenters. The quantitative estimate of drug-likeness (QED) is 0.678. The Morgan fingerprint density at radius 3 is 2.34 bits per heavy atom. The SMILES string of the molecule is NC(=O)C1CCN(c2ccccc2NC(=O)c2ccc(NC(=O)C3CC3)s2)CC1. The third-order valence-corrected chi connectivity index (χ3v) is 6.41. The summed E-state index contributed by atoms with van der Waals surface area (Å²) in [4.78, 5) is 38.7. The van der Waals surface area contributed by atoms with Gasteiger partial charge in [0.15, 0.2) is 0 Å². The van der Waals surface area contributed by atoms with Crippen LogP contribution in [0.4, 0.5) is 16.4 Å². The van der Waals surface area contributed by atoms with E-state index in [1.165, 1.54) is 11.3 Å². The number of nitrogens with one attached hydrogen (secondary N) is 2. The minimum atomic E-state index is -0.242. The Balaban J connectivity index is 1.42. The maximum Gasteiger partial charge on any atom is 0.265 e. The van der Waals surface area contributed by atoms with E-state index < -0.39 is 0 Å². The second-order valence-electron chi connectivity index (χ2n) is 7.56. The van der Waals surface area contributed by atoms with Crippen molar-refractivity contribution in [3.63, 3.8) is 0 Å². The molecule has 0 bridgehead atoms. The summed E-state index contributed by atoms with van der Waals surface area (Å²) < 4.78 is 0. The molecule has 29 heavy (non-hydrogen) atoms. The first-order valence-corrected chi connectivity index (χ1v) is 10.7. The fourth-order valence-corrected chi connectivity index (χ4v) is 4.34. The normalized spacial score (nSPS) is 17.0. The van der Waals surface area contributed by atoms with Crippen LogP contribution in [0, 0.1) is 11.8 Å². The Hall–Kier alpha value is -2.87. The molecule has 3 amide bonds. The molecule has 4 N–H and O–H groups in total. The lowest BCUT2D eigenvalue weighted by Crippen LogP contribution is -2.38. The summed E-state index contributed by atoms with van der Waals surface area (Å²) in [5.41, 5.74) is 7.09. The molecule has 1 aliphatic heterocycles. The number of hydrogen-bond donors (Lipinski definition) is 3. The number of benzene rings is 1. The number of amides is 3. The van der Waals surface area contributed by atoms with Gasteiger partial charge in [-0.15, -0.1) is 11.3 Å². The third-order valence-electron chi connectivity index (χ3n) is 5.41. The maximum absolute atomic E-state index is 12.7. The Morgan fingerprint density at radius 1 is 0.931 bits per heavy atom. The van der Waals surface area contributed by atoms with Gasteiger partial charge < -0.3 is 21.3 Å². The molecule has 1 saturated carbocycles. The van der Waals surface area contributed by atoms with Crippen LogP contribution in [-0.4, -0.2) is 30.8 Å². The summed E-state index contributed by atoms with van der Waals surface area (Å²) in [6, 6.07) is 11.1. The highest BCUT2D eigenvalue weighted by atomic mass is 32.1. The molecule has 0 spiro atoms. The minimum Gasteiger partial charge on any atom is -0.370 e. The average Bonchev–Trinajstić information content (AvgIpc) is 3.48. The monoisotopic (exact) mass is 412 g/mol. The van der Waals surface area contributed by atoms with E-state index in [0.717, 1.165) is 37.3 Å². The van der Waals surface area contributed by atoms with Crippen LogP contribution in [0.25, 0.3) is 0 Å². The van der Waals surface area contributed by atoms with E-state index in [4.69, 9.17) is 5.73 Å². The molecule has 1 aromatic heterocycles. The van der Waals surface area contributed by atoms with Crippen LogP contribution < -0.4 is 21.3 Å². The number of hydrogen-bond acceptors (Lipinski definition) is 5. The number of thiophene rings is 1. The number of piperidine rings is 1. The molecule has 0 atom stereocenters. The number of carbonyl (C=O) groups excluding carboxylic acids is 3. The number of nitrogens with two attached hydrogens (primary N) is 1. The highest BCUT2D eigenvalue weighted by Gasteiger charge is 2.30. The first-order chi connectivity index (χ1) is 14.0. The van der Waals surface area contributed by atoms with Gasteiger partial charge in [-0.2, -0.15) is 0 Å². The molecular weight excluding hydrogens is 388 g/mol. The lowest BCUT2D eigenvalue weighted by molar-refractivity contribution is -0.122. The van der Waals surface area contributed by atoms with Crippen LogP contribution in [-0.2, 0) is 9.59 Å². The van der Waals surface area contributed by atoms with Gasteiger partial charge in [0.05, 0.1) is 21.3 Å².